The van der Waals surface area contributed by atoms with Crippen LogP contribution in [0.1, 0.15) is 47.9 Å². The molecule has 0 spiro atoms. The second kappa shape index (κ2) is 8.30. The number of benzene rings is 2. The molecule has 0 N–H and O–H groups in total. The van der Waals surface area contributed by atoms with Gasteiger partial charge in [-0.3, -0.25) is 0 Å². The molecule has 1 unspecified atom stereocenters. The molecule has 0 saturated heterocycles. The molecule has 31 heavy (non-hydrogen) atoms. The van der Waals surface area contributed by atoms with Gasteiger partial charge in [0.15, 0.2) is 0 Å². The minimum absolute atomic E-state index is 0.0447. The van der Waals surface area contributed by atoms with Crippen molar-refractivity contribution in [2.24, 2.45) is 0 Å². The van der Waals surface area contributed by atoms with Gasteiger partial charge in [0.25, 0.3) is 0 Å². The van der Waals surface area contributed by atoms with Crippen LogP contribution in [0.2, 0.25) is 0 Å². The van der Waals surface area contributed by atoms with Crippen molar-refractivity contribution in [1.82, 2.24) is 0 Å². The van der Waals surface area contributed by atoms with Gasteiger partial charge in [-0.25, -0.2) is 0 Å². The Morgan fingerprint density at radius 1 is 0.613 bits per heavy atom. The zero-order valence-corrected chi connectivity index (χ0v) is 17.1. The highest BCUT2D eigenvalue weighted by Gasteiger charge is 2.39. The molecule has 170 valence electrons. The number of hydrogen-bond donors (Lipinski definition) is 0. The average Bonchev–Trinajstić information content (AvgIpc) is 3.13. The van der Waals surface area contributed by atoms with Crippen LogP contribution in [-0.2, 0) is 18.5 Å². The SMILES string of the molecule is Cc1cc(P(c2cc(C(F)(F)F)cc(C(F)(F)F)c2)C2CCCC2)cc(C(F)(F)F)c1. The fourth-order valence-electron chi connectivity index (χ4n) is 3.88. The van der Waals surface area contributed by atoms with Crippen LogP contribution in [0.3, 0.4) is 0 Å². The average molecular weight is 472 g/mol. The van der Waals surface area contributed by atoms with Crippen molar-refractivity contribution < 1.29 is 39.5 Å². The predicted octanol–water partition coefficient (Wildman–Crippen LogP) is 7.43. The molecule has 10 heteroatoms. The Morgan fingerprint density at radius 2 is 1.00 bits per heavy atom. The highest BCUT2D eigenvalue weighted by Crippen LogP contribution is 2.49. The molecule has 0 heterocycles. The molecule has 2 aromatic rings. The van der Waals surface area contributed by atoms with Gasteiger partial charge in [0.2, 0.25) is 0 Å². The molecular weight excluding hydrogens is 454 g/mol. The summed E-state index contributed by atoms with van der Waals surface area (Å²) >= 11 is 0. The lowest BCUT2D eigenvalue weighted by atomic mass is 10.1. The van der Waals surface area contributed by atoms with E-state index in [0.717, 1.165) is 25.0 Å². The van der Waals surface area contributed by atoms with Gasteiger partial charge >= 0.3 is 18.5 Å². The molecule has 1 aliphatic rings. The van der Waals surface area contributed by atoms with Gasteiger partial charge in [-0.15, -0.1) is 0 Å². The maximum Gasteiger partial charge on any atom is 0.416 e. The quantitative estimate of drug-likeness (QED) is 0.322. The molecule has 0 radical (unpaired) electrons. The molecule has 0 aliphatic heterocycles. The Balaban J connectivity index is 2.25. The van der Waals surface area contributed by atoms with E-state index in [9.17, 15) is 39.5 Å². The molecule has 1 fully saturated rings. The van der Waals surface area contributed by atoms with E-state index in [-0.39, 0.29) is 27.9 Å². The molecule has 0 bridgehead atoms. The first-order chi connectivity index (χ1) is 14.2. The molecular formula is C21H18F9P. The molecule has 1 aliphatic carbocycles. The molecule has 1 saturated carbocycles. The summed E-state index contributed by atoms with van der Waals surface area (Å²) < 4.78 is 120. The van der Waals surface area contributed by atoms with Crippen molar-refractivity contribution in [1.29, 1.82) is 0 Å². The van der Waals surface area contributed by atoms with Gasteiger partial charge in [-0.1, -0.05) is 18.9 Å². The lowest BCUT2D eigenvalue weighted by molar-refractivity contribution is -0.143. The van der Waals surface area contributed by atoms with Gasteiger partial charge in [0, 0.05) is 0 Å². The Labute approximate surface area is 174 Å². The summed E-state index contributed by atoms with van der Waals surface area (Å²) in [5.74, 6) is 0. The Hall–Kier alpha value is -1.76. The summed E-state index contributed by atoms with van der Waals surface area (Å²) in [7, 11) is -1.86. The Morgan fingerprint density at radius 3 is 1.42 bits per heavy atom. The van der Waals surface area contributed by atoms with E-state index in [4.69, 9.17) is 0 Å². The van der Waals surface area contributed by atoms with Crippen LogP contribution in [0.5, 0.6) is 0 Å². The minimum Gasteiger partial charge on any atom is -0.166 e. The lowest BCUT2D eigenvalue weighted by Gasteiger charge is -2.28. The fourth-order valence-corrected chi connectivity index (χ4v) is 7.08. The van der Waals surface area contributed by atoms with Crippen molar-refractivity contribution in [2.45, 2.75) is 56.8 Å². The van der Waals surface area contributed by atoms with Crippen LogP contribution in [0, 0.1) is 6.92 Å². The number of halogens is 9. The van der Waals surface area contributed by atoms with Crippen molar-refractivity contribution in [2.75, 3.05) is 0 Å². The molecule has 3 rings (SSSR count). The largest absolute Gasteiger partial charge is 0.416 e. The Kier molecular flexibility index (Phi) is 6.40. The van der Waals surface area contributed by atoms with Crippen LogP contribution < -0.4 is 10.6 Å². The number of alkyl halides is 9. The lowest BCUT2D eigenvalue weighted by Crippen LogP contribution is -2.24. The van der Waals surface area contributed by atoms with Gasteiger partial charge in [-0.2, -0.15) is 39.5 Å². The maximum absolute atomic E-state index is 13.4. The van der Waals surface area contributed by atoms with Gasteiger partial charge in [0.1, 0.15) is 0 Å². The van der Waals surface area contributed by atoms with Crippen LogP contribution in [0.15, 0.2) is 36.4 Å². The van der Waals surface area contributed by atoms with E-state index < -0.39 is 43.1 Å². The maximum atomic E-state index is 13.4. The molecule has 2 aromatic carbocycles. The summed E-state index contributed by atoms with van der Waals surface area (Å²) in [6.45, 7) is 1.42. The van der Waals surface area contributed by atoms with E-state index in [0.29, 0.717) is 25.0 Å². The van der Waals surface area contributed by atoms with Crippen LogP contribution in [-0.4, -0.2) is 5.66 Å². The van der Waals surface area contributed by atoms with E-state index >= 15 is 0 Å². The smallest absolute Gasteiger partial charge is 0.166 e. The minimum atomic E-state index is -5.02. The fraction of sp³-hybridized carbons (Fsp3) is 0.429. The zero-order chi connectivity index (χ0) is 23.2. The number of rotatable bonds is 3. The normalized spacial score (nSPS) is 17.2. The third-order valence-corrected chi connectivity index (χ3v) is 8.08. The third kappa shape index (κ3) is 5.54. The van der Waals surface area contributed by atoms with Crippen LogP contribution in [0.25, 0.3) is 0 Å². The van der Waals surface area contributed by atoms with Crippen molar-refractivity contribution in [3.05, 3.63) is 58.7 Å². The monoisotopic (exact) mass is 472 g/mol. The Bertz CT molecular complexity index is 903. The molecule has 1 atom stereocenters. The summed E-state index contributed by atoms with van der Waals surface area (Å²) in [6, 6.07) is 4.59. The summed E-state index contributed by atoms with van der Waals surface area (Å²) in [6.07, 6.45) is -12.2. The first-order valence-electron chi connectivity index (χ1n) is 9.44. The highest BCUT2D eigenvalue weighted by atomic mass is 31.1. The van der Waals surface area contributed by atoms with E-state index in [1.165, 1.54) is 13.0 Å². The van der Waals surface area contributed by atoms with E-state index in [1.54, 1.807) is 0 Å². The molecule has 0 nitrogen and oxygen atoms in total. The van der Waals surface area contributed by atoms with E-state index in [1.807, 2.05) is 0 Å². The summed E-state index contributed by atoms with van der Waals surface area (Å²) in [5.41, 5.74) is -3.91. The summed E-state index contributed by atoms with van der Waals surface area (Å²) in [5, 5.41) is -0.0653. The standard InChI is InChI=1S/C21H18F9P/c1-12-6-13(19(22,23)24)9-17(7-12)31(16-4-2-3-5-16)18-10-14(20(25,26)27)8-15(11-18)21(28,29)30/h6-11,16H,2-5H2,1H3. The first kappa shape index (κ1) is 23.9. The summed E-state index contributed by atoms with van der Waals surface area (Å²) in [4.78, 5) is 0. The highest BCUT2D eigenvalue weighted by molar-refractivity contribution is 7.73. The van der Waals surface area contributed by atoms with Crippen molar-refractivity contribution in [3.63, 3.8) is 0 Å². The second-order valence-corrected chi connectivity index (χ2v) is 10.1. The number of hydrogen-bond acceptors (Lipinski definition) is 0. The van der Waals surface area contributed by atoms with Gasteiger partial charge < -0.3 is 0 Å². The van der Waals surface area contributed by atoms with Gasteiger partial charge in [-0.05, 0) is 79.9 Å². The van der Waals surface area contributed by atoms with Crippen molar-refractivity contribution >= 4 is 18.5 Å². The first-order valence-corrected chi connectivity index (χ1v) is 10.8. The molecule has 0 aromatic heterocycles. The molecule has 0 amide bonds. The topological polar surface area (TPSA) is 0 Å². The van der Waals surface area contributed by atoms with Crippen LogP contribution in [0.4, 0.5) is 39.5 Å². The third-order valence-electron chi connectivity index (χ3n) is 5.21. The number of aryl methyl sites for hydroxylation is 1. The predicted molar refractivity (Wildman–Crippen MR) is 101 cm³/mol. The van der Waals surface area contributed by atoms with E-state index in [2.05, 4.69) is 0 Å². The van der Waals surface area contributed by atoms with Crippen molar-refractivity contribution in [3.8, 4) is 0 Å². The van der Waals surface area contributed by atoms with Crippen LogP contribution >= 0.6 is 7.92 Å². The second-order valence-electron chi connectivity index (χ2n) is 7.63. The zero-order valence-electron chi connectivity index (χ0n) is 16.2. The van der Waals surface area contributed by atoms with Gasteiger partial charge in [0.05, 0.1) is 16.7 Å².